The summed E-state index contributed by atoms with van der Waals surface area (Å²) in [5.41, 5.74) is -0.864. The molecule has 0 aliphatic heterocycles. The smallest absolute Gasteiger partial charge is 0.418 e. The van der Waals surface area contributed by atoms with Gasteiger partial charge >= 0.3 is 12.1 Å². The first-order chi connectivity index (χ1) is 8.93. The van der Waals surface area contributed by atoms with Gasteiger partial charge in [-0.2, -0.15) is 13.2 Å². The molecule has 0 atom stereocenters. The quantitative estimate of drug-likeness (QED) is 0.784. The van der Waals surface area contributed by atoms with Gasteiger partial charge in [-0.05, 0) is 19.1 Å². The molecule has 19 heavy (non-hydrogen) atoms. The summed E-state index contributed by atoms with van der Waals surface area (Å²) in [6.07, 6.45) is -3.38. The predicted molar refractivity (Wildman–Crippen MR) is 62.7 cm³/mol. The van der Waals surface area contributed by atoms with Crippen LogP contribution in [-0.4, -0.2) is 17.6 Å². The van der Waals surface area contributed by atoms with Crippen LogP contribution in [0.15, 0.2) is 30.5 Å². The van der Waals surface area contributed by atoms with Crippen molar-refractivity contribution < 1.29 is 22.7 Å². The fourth-order valence-corrected chi connectivity index (χ4v) is 1.72. The summed E-state index contributed by atoms with van der Waals surface area (Å²) in [5.74, 6) is -0.602. The van der Waals surface area contributed by atoms with Crippen molar-refractivity contribution in [2.75, 3.05) is 6.61 Å². The highest BCUT2D eigenvalue weighted by molar-refractivity contribution is 5.94. The molecule has 0 aliphatic carbocycles. The Morgan fingerprint density at radius 2 is 2.11 bits per heavy atom. The van der Waals surface area contributed by atoms with Crippen LogP contribution in [-0.2, 0) is 10.9 Å². The Morgan fingerprint density at radius 1 is 1.37 bits per heavy atom. The van der Waals surface area contributed by atoms with E-state index in [1.807, 2.05) is 0 Å². The van der Waals surface area contributed by atoms with Crippen molar-refractivity contribution in [1.29, 1.82) is 0 Å². The van der Waals surface area contributed by atoms with Gasteiger partial charge < -0.3 is 4.74 Å². The topological polar surface area (TPSA) is 39.2 Å². The van der Waals surface area contributed by atoms with Gasteiger partial charge in [0.05, 0.1) is 23.3 Å². The molecule has 0 N–H and O–H groups in total. The molecule has 0 saturated carbocycles. The lowest BCUT2D eigenvalue weighted by Gasteiger charge is -2.10. The second kappa shape index (κ2) is 4.87. The first-order valence-corrected chi connectivity index (χ1v) is 5.56. The maximum Gasteiger partial charge on any atom is 0.418 e. The van der Waals surface area contributed by atoms with Crippen LogP contribution < -0.4 is 0 Å². The predicted octanol–water partition coefficient (Wildman–Crippen LogP) is 3.43. The Morgan fingerprint density at radius 3 is 2.74 bits per heavy atom. The van der Waals surface area contributed by atoms with E-state index >= 15 is 0 Å². The molecule has 1 heterocycles. The summed E-state index contributed by atoms with van der Waals surface area (Å²) in [6, 6.07) is 5.05. The Labute approximate surface area is 107 Å². The van der Waals surface area contributed by atoms with E-state index in [1.54, 1.807) is 6.92 Å². The highest BCUT2D eigenvalue weighted by Crippen LogP contribution is 2.33. The summed E-state index contributed by atoms with van der Waals surface area (Å²) < 4.78 is 43.1. The van der Waals surface area contributed by atoms with Gasteiger partial charge in [0.2, 0.25) is 0 Å². The minimum atomic E-state index is -4.47. The zero-order valence-corrected chi connectivity index (χ0v) is 9.99. The third-order valence-electron chi connectivity index (χ3n) is 2.53. The number of fused-ring (bicyclic) bond motifs is 1. The standard InChI is InChI=1S/C13H10F3NO2/c1-2-19-12(18)9-6-8-4-3-5-10(13(14,15)16)11(8)17-7-9/h3-7H,2H2,1H3. The Bertz CT molecular complexity index is 623. The van der Waals surface area contributed by atoms with E-state index in [-0.39, 0.29) is 23.1 Å². The number of ether oxygens (including phenoxy) is 1. The molecule has 0 fully saturated rings. The lowest BCUT2D eigenvalue weighted by Crippen LogP contribution is -2.08. The molecule has 100 valence electrons. The molecule has 6 heteroatoms. The van der Waals surface area contributed by atoms with Crippen molar-refractivity contribution in [1.82, 2.24) is 4.98 Å². The molecule has 0 unspecified atom stereocenters. The monoisotopic (exact) mass is 269 g/mol. The summed E-state index contributed by atoms with van der Waals surface area (Å²) in [6.45, 7) is 1.84. The summed E-state index contributed by atoms with van der Waals surface area (Å²) in [7, 11) is 0. The van der Waals surface area contributed by atoms with Crippen molar-refractivity contribution >= 4 is 16.9 Å². The second-order valence-electron chi connectivity index (χ2n) is 3.82. The molecule has 1 aromatic carbocycles. The van der Waals surface area contributed by atoms with E-state index < -0.39 is 17.7 Å². The number of halogens is 3. The minimum Gasteiger partial charge on any atom is -0.462 e. The van der Waals surface area contributed by atoms with Gasteiger partial charge in [-0.1, -0.05) is 12.1 Å². The molecule has 3 nitrogen and oxygen atoms in total. The summed E-state index contributed by atoms with van der Waals surface area (Å²) in [5, 5.41) is 0.250. The van der Waals surface area contributed by atoms with Crippen molar-refractivity contribution in [3.63, 3.8) is 0 Å². The SMILES string of the molecule is CCOC(=O)c1cnc2c(C(F)(F)F)cccc2c1. The van der Waals surface area contributed by atoms with Gasteiger partial charge in [0.15, 0.2) is 0 Å². The Hall–Kier alpha value is -2.11. The van der Waals surface area contributed by atoms with Crippen LogP contribution in [0.5, 0.6) is 0 Å². The van der Waals surface area contributed by atoms with E-state index in [0.29, 0.717) is 0 Å². The third-order valence-corrected chi connectivity index (χ3v) is 2.53. The number of para-hydroxylation sites is 1. The normalized spacial score (nSPS) is 11.6. The van der Waals surface area contributed by atoms with Crippen molar-refractivity contribution in [3.05, 3.63) is 41.6 Å². The first kappa shape index (κ1) is 13.3. The Kier molecular flexibility index (Phi) is 3.42. The van der Waals surface area contributed by atoms with E-state index in [2.05, 4.69) is 4.98 Å². The number of benzene rings is 1. The molecule has 0 radical (unpaired) electrons. The largest absolute Gasteiger partial charge is 0.462 e. The molecule has 2 rings (SSSR count). The van der Waals surface area contributed by atoms with Gasteiger partial charge in [-0.25, -0.2) is 4.79 Å². The number of carbonyl (C=O) groups excluding carboxylic acids is 1. The zero-order chi connectivity index (χ0) is 14.0. The average molecular weight is 269 g/mol. The molecule has 0 saturated heterocycles. The molecule has 0 amide bonds. The van der Waals surface area contributed by atoms with Crippen molar-refractivity contribution in [2.45, 2.75) is 13.1 Å². The van der Waals surface area contributed by atoms with Crippen molar-refractivity contribution in [3.8, 4) is 0 Å². The van der Waals surface area contributed by atoms with Crippen LogP contribution in [0.3, 0.4) is 0 Å². The first-order valence-electron chi connectivity index (χ1n) is 5.56. The van der Waals surface area contributed by atoms with E-state index in [9.17, 15) is 18.0 Å². The maximum absolute atomic E-state index is 12.8. The molecule has 1 aromatic heterocycles. The average Bonchev–Trinajstić information content (AvgIpc) is 2.36. The van der Waals surface area contributed by atoms with Crippen LogP contribution in [0, 0.1) is 0 Å². The number of nitrogens with zero attached hydrogens (tertiary/aromatic N) is 1. The lowest BCUT2D eigenvalue weighted by atomic mass is 10.1. The Balaban J connectivity index is 2.54. The van der Waals surface area contributed by atoms with Crippen LogP contribution in [0.25, 0.3) is 10.9 Å². The number of alkyl halides is 3. The molecule has 2 aromatic rings. The zero-order valence-electron chi connectivity index (χ0n) is 9.99. The highest BCUT2D eigenvalue weighted by atomic mass is 19.4. The van der Waals surface area contributed by atoms with Crippen LogP contribution in [0.1, 0.15) is 22.8 Å². The number of carbonyl (C=O) groups is 1. The summed E-state index contributed by atoms with van der Waals surface area (Å²) in [4.78, 5) is 15.2. The van der Waals surface area contributed by atoms with Gasteiger partial charge in [-0.15, -0.1) is 0 Å². The van der Waals surface area contributed by atoms with Crippen LogP contribution in [0.2, 0.25) is 0 Å². The van der Waals surface area contributed by atoms with E-state index in [4.69, 9.17) is 4.74 Å². The number of esters is 1. The van der Waals surface area contributed by atoms with Gasteiger partial charge in [0, 0.05) is 11.6 Å². The molecular weight excluding hydrogens is 259 g/mol. The third kappa shape index (κ3) is 2.67. The minimum absolute atomic E-state index is 0.133. The van der Waals surface area contributed by atoms with Crippen LogP contribution in [0.4, 0.5) is 13.2 Å². The lowest BCUT2D eigenvalue weighted by molar-refractivity contribution is -0.136. The van der Waals surface area contributed by atoms with Crippen molar-refractivity contribution in [2.24, 2.45) is 0 Å². The number of pyridine rings is 1. The number of hydrogen-bond donors (Lipinski definition) is 0. The molecular formula is C13H10F3NO2. The fourth-order valence-electron chi connectivity index (χ4n) is 1.72. The number of rotatable bonds is 2. The van der Waals surface area contributed by atoms with E-state index in [1.165, 1.54) is 18.2 Å². The summed E-state index contributed by atoms with van der Waals surface area (Å²) >= 11 is 0. The highest BCUT2D eigenvalue weighted by Gasteiger charge is 2.33. The number of hydrogen-bond acceptors (Lipinski definition) is 3. The maximum atomic E-state index is 12.8. The number of aromatic nitrogens is 1. The molecule has 0 aliphatic rings. The van der Waals surface area contributed by atoms with Gasteiger partial charge in [0.1, 0.15) is 0 Å². The molecule has 0 spiro atoms. The van der Waals surface area contributed by atoms with Gasteiger partial charge in [-0.3, -0.25) is 4.98 Å². The molecule has 0 bridgehead atoms. The van der Waals surface area contributed by atoms with Gasteiger partial charge in [0.25, 0.3) is 0 Å². The fraction of sp³-hybridized carbons (Fsp3) is 0.231. The van der Waals surface area contributed by atoms with E-state index in [0.717, 1.165) is 12.3 Å². The second-order valence-corrected chi connectivity index (χ2v) is 3.82. The van der Waals surface area contributed by atoms with Crippen LogP contribution >= 0.6 is 0 Å².